The molecule has 0 saturated heterocycles. The van der Waals surface area contributed by atoms with Crippen molar-refractivity contribution in [1.82, 2.24) is 5.16 Å². The topological polar surface area (TPSA) is 60.2 Å². The molecule has 1 aromatic heterocycles. The van der Waals surface area contributed by atoms with Gasteiger partial charge in [0.2, 0.25) is 0 Å². The van der Waals surface area contributed by atoms with Crippen molar-refractivity contribution in [1.29, 1.82) is 0 Å². The third-order valence-corrected chi connectivity index (χ3v) is 4.70. The molecule has 0 saturated carbocycles. The Hall–Kier alpha value is -1.62. The molecule has 0 aliphatic heterocycles. The van der Waals surface area contributed by atoms with Crippen LogP contribution in [-0.2, 0) is 9.84 Å². The third kappa shape index (κ3) is 2.24. The average Bonchev–Trinajstić information content (AvgIpc) is 2.82. The minimum Gasteiger partial charge on any atom is -0.356 e. The largest absolute Gasteiger partial charge is 0.356 e. The first kappa shape index (κ1) is 11.9. The highest BCUT2D eigenvalue weighted by Gasteiger charge is 2.18. The van der Waals surface area contributed by atoms with Crippen LogP contribution in [0.15, 0.2) is 45.9 Å². The summed E-state index contributed by atoms with van der Waals surface area (Å²) in [6, 6.07) is 8.35. The summed E-state index contributed by atoms with van der Waals surface area (Å²) >= 11 is 0. The first-order valence-electron chi connectivity index (χ1n) is 5.27. The number of sulfone groups is 1. The molecule has 0 atom stereocenters. The summed E-state index contributed by atoms with van der Waals surface area (Å²) in [4.78, 5) is 0.329. The van der Waals surface area contributed by atoms with E-state index in [1.165, 1.54) is 0 Å². The molecule has 90 valence electrons. The van der Waals surface area contributed by atoms with E-state index >= 15 is 0 Å². The summed E-state index contributed by atoms with van der Waals surface area (Å²) in [6.45, 7) is 3.33. The first-order chi connectivity index (χ1) is 8.01. The van der Waals surface area contributed by atoms with Gasteiger partial charge in [0, 0.05) is 11.6 Å². The number of aromatic nitrogens is 1. The number of hydrogen-bond donors (Lipinski definition) is 0. The molecule has 0 unspecified atom stereocenters. The molecule has 1 aromatic carbocycles. The zero-order valence-corrected chi connectivity index (χ0v) is 10.4. The Balaban J connectivity index is 2.38. The van der Waals surface area contributed by atoms with Crippen LogP contribution in [0.4, 0.5) is 0 Å². The van der Waals surface area contributed by atoms with Gasteiger partial charge in [-0.3, -0.25) is 0 Å². The van der Waals surface area contributed by atoms with Crippen LogP contribution in [0.2, 0.25) is 0 Å². The van der Waals surface area contributed by atoms with Crippen molar-refractivity contribution in [3.63, 3.8) is 0 Å². The smallest absolute Gasteiger partial charge is 0.180 e. The molecule has 2 aromatic rings. The minimum absolute atomic E-state index is 0.329. The molecule has 0 bridgehead atoms. The molecule has 0 amide bonds. The highest BCUT2D eigenvalue weighted by atomic mass is 32.2. The van der Waals surface area contributed by atoms with Gasteiger partial charge in [-0.05, 0) is 38.1 Å². The zero-order valence-electron chi connectivity index (χ0n) is 9.62. The van der Waals surface area contributed by atoms with Crippen LogP contribution in [0, 0.1) is 0 Å². The average molecular weight is 251 g/mol. The van der Waals surface area contributed by atoms with Gasteiger partial charge in [-0.25, -0.2) is 8.42 Å². The Morgan fingerprint density at radius 3 is 2.24 bits per heavy atom. The number of rotatable bonds is 3. The molecule has 0 aliphatic carbocycles. The predicted molar refractivity (Wildman–Crippen MR) is 64.3 cm³/mol. The quantitative estimate of drug-likeness (QED) is 0.841. The Bertz CT molecular complexity index is 583. The molecule has 0 fully saturated rings. The molecule has 0 aliphatic rings. The van der Waals surface area contributed by atoms with Crippen molar-refractivity contribution in [2.24, 2.45) is 0 Å². The summed E-state index contributed by atoms with van der Waals surface area (Å²) in [5, 5.41) is 3.19. The Morgan fingerprint density at radius 2 is 1.76 bits per heavy atom. The lowest BCUT2D eigenvalue weighted by atomic mass is 10.2. The lowest BCUT2D eigenvalue weighted by Crippen LogP contribution is -2.13. The second-order valence-corrected chi connectivity index (χ2v) is 6.50. The normalized spacial score (nSPS) is 11.9. The van der Waals surface area contributed by atoms with Crippen molar-refractivity contribution < 1.29 is 12.9 Å². The SMILES string of the molecule is CC(C)S(=O)(=O)c1ccc(-c2ccno2)cc1. The molecule has 17 heavy (non-hydrogen) atoms. The molecule has 4 nitrogen and oxygen atoms in total. The highest BCUT2D eigenvalue weighted by Crippen LogP contribution is 2.22. The van der Waals surface area contributed by atoms with E-state index in [4.69, 9.17) is 4.52 Å². The lowest BCUT2D eigenvalue weighted by molar-refractivity contribution is 0.432. The Morgan fingerprint density at radius 1 is 1.12 bits per heavy atom. The van der Waals surface area contributed by atoms with Gasteiger partial charge in [0.15, 0.2) is 15.6 Å². The third-order valence-electron chi connectivity index (χ3n) is 2.53. The molecule has 0 N–H and O–H groups in total. The second kappa shape index (κ2) is 4.33. The van der Waals surface area contributed by atoms with Crippen LogP contribution in [0.3, 0.4) is 0 Å². The van der Waals surface area contributed by atoms with Crippen molar-refractivity contribution >= 4 is 9.84 Å². The van der Waals surface area contributed by atoms with Crippen LogP contribution < -0.4 is 0 Å². The summed E-state index contributed by atoms with van der Waals surface area (Å²) in [7, 11) is -3.21. The maximum Gasteiger partial charge on any atom is 0.180 e. The minimum atomic E-state index is -3.21. The number of nitrogens with zero attached hydrogens (tertiary/aromatic N) is 1. The van der Waals surface area contributed by atoms with Crippen LogP contribution in [-0.4, -0.2) is 18.8 Å². The van der Waals surface area contributed by atoms with Crippen molar-refractivity contribution in [2.45, 2.75) is 24.0 Å². The molecule has 2 rings (SSSR count). The number of hydrogen-bond acceptors (Lipinski definition) is 4. The van der Waals surface area contributed by atoms with Gasteiger partial charge in [-0.15, -0.1) is 0 Å². The second-order valence-electron chi connectivity index (χ2n) is 3.99. The maximum absolute atomic E-state index is 11.9. The van der Waals surface area contributed by atoms with E-state index in [-0.39, 0.29) is 0 Å². The van der Waals surface area contributed by atoms with Gasteiger partial charge in [-0.2, -0.15) is 0 Å². The standard InChI is InChI=1S/C12H13NO3S/c1-9(2)17(14,15)11-5-3-10(4-6-11)12-7-8-13-16-12/h3-9H,1-2H3. The van der Waals surface area contributed by atoms with E-state index < -0.39 is 15.1 Å². The fourth-order valence-corrected chi connectivity index (χ4v) is 2.51. The predicted octanol–water partition coefficient (Wildman–Crippen LogP) is 2.52. The molecular weight excluding hydrogens is 238 g/mol. The summed E-state index contributed by atoms with van der Waals surface area (Å²) in [5.41, 5.74) is 0.810. The van der Waals surface area contributed by atoms with E-state index in [1.54, 1.807) is 50.4 Å². The van der Waals surface area contributed by atoms with Gasteiger partial charge in [0.05, 0.1) is 16.3 Å². The monoisotopic (exact) mass is 251 g/mol. The van der Waals surface area contributed by atoms with Gasteiger partial charge in [-0.1, -0.05) is 5.16 Å². The molecule has 0 spiro atoms. The van der Waals surface area contributed by atoms with E-state index in [9.17, 15) is 8.42 Å². The van der Waals surface area contributed by atoms with Gasteiger partial charge in [0.1, 0.15) is 0 Å². The first-order valence-corrected chi connectivity index (χ1v) is 6.81. The Labute approximate surface area is 100 Å². The van der Waals surface area contributed by atoms with E-state index in [2.05, 4.69) is 5.16 Å². The molecule has 5 heteroatoms. The van der Waals surface area contributed by atoms with Crippen molar-refractivity contribution in [3.8, 4) is 11.3 Å². The van der Waals surface area contributed by atoms with Crippen molar-refractivity contribution in [2.75, 3.05) is 0 Å². The molecular formula is C12H13NO3S. The fraction of sp³-hybridized carbons (Fsp3) is 0.250. The summed E-state index contributed by atoms with van der Waals surface area (Å²) < 4.78 is 28.8. The van der Waals surface area contributed by atoms with E-state index in [0.29, 0.717) is 10.7 Å². The van der Waals surface area contributed by atoms with Gasteiger partial charge < -0.3 is 4.52 Å². The zero-order chi connectivity index (χ0) is 12.5. The summed E-state index contributed by atoms with van der Waals surface area (Å²) in [6.07, 6.45) is 1.55. The van der Waals surface area contributed by atoms with Crippen molar-refractivity contribution in [3.05, 3.63) is 36.5 Å². The number of benzene rings is 1. The van der Waals surface area contributed by atoms with E-state index in [1.807, 2.05) is 0 Å². The highest BCUT2D eigenvalue weighted by molar-refractivity contribution is 7.92. The van der Waals surface area contributed by atoms with E-state index in [0.717, 1.165) is 5.56 Å². The van der Waals surface area contributed by atoms with Gasteiger partial charge in [0.25, 0.3) is 0 Å². The molecule has 1 heterocycles. The van der Waals surface area contributed by atoms with Crippen LogP contribution in [0.5, 0.6) is 0 Å². The lowest BCUT2D eigenvalue weighted by Gasteiger charge is -2.07. The Kier molecular flexibility index (Phi) is 3.02. The van der Waals surface area contributed by atoms with Crippen LogP contribution in [0.1, 0.15) is 13.8 Å². The molecule has 0 radical (unpaired) electrons. The van der Waals surface area contributed by atoms with Gasteiger partial charge >= 0.3 is 0 Å². The fourth-order valence-electron chi connectivity index (χ4n) is 1.45. The maximum atomic E-state index is 11.9. The van der Waals surface area contributed by atoms with Crippen LogP contribution in [0.25, 0.3) is 11.3 Å². The van der Waals surface area contributed by atoms with Crippen LogP contribution >= 0.6 is 0 Å². The summed E-state index contributed by atoms with van der Waals surface area (Å²) in [5.74, 6) is 0.624.